The summed E-state index contributed by atoms with van der Waals surface area (Å²) in [6.45, 7) is 1.42. The second-order valence-corrected chi connectivity index (χ2v) is 5.17. The van der Waals surface area contributed by atoms with Gasteiger partial charge >= 0.3 is 12.6 Å². The van der Waals surface area contributed by atoms with Crippen LogP contribution in [0.5, 0.6) is 5.75 Å². The average Bonchev–Trinajstić information content (AvgIpc) is 2.45. The molecule has 3 N–H and O–H groups in total. The number of aryl methyl sites for hydroxylation is 1. The molecular formula is C15H22F2N2O3. The zero-order valence-corrected chi connectivity index (χ0v) is 12.7. The maximum Gasteiger partial charge on any atom is 0.387 e. The highest BCUT2D eigenvalue weighted by Crippen LogP contribution is 2.21. The maximum atomic E-state index is 12.3. The highest BCUT2D eigenvalue weighted by atomic mass is 19.3. The quantitative estimate of drug-likeness (QED) is 0.690. The van der Waals surface area contributed by atoms with Gasteiger partial charge in [-0.3, -0.25) is 0 Å². The van der Waals surface area contributed by atoms with Crippen molar-refractivity contribution in [3.63, 3.8) is 0 Å². The van der Waals surface area contributed by atoms with E-state index in [1.54, 1.807) is 12.1 Å². The van der Waals surface area contributed by atoms with Crippen LogP contribution in [0.2, 0.25) is 0 Å². The van der Waals surface area contributed by atoms with E-state index in [4.69, 9.17) is 5.11 Å². The standard InChI is InChI=1S/C15H22F2N2O3/c1-10-3-4-13(22-14(16)17)12(7-10)9-19-15(21)18-8-11(2)5-6-20/h3-4,7,11,14,20H,5-6,8-9H2,1-2H3,(H2,18,19,21). The van der Waals surface area contributed by atoms with Gasteiger partial charge in [0.1, 0.15) is 5.75 Å². The number of aliphatic hydroxyl groups is 1. The fourth-order valence-electron chi connectivity index (χ4n) is 1.88. The molecule has 0 aliphatic heterocycles. The number of benzene rings is 1. The van der Waals surface area contributed by atoms with Crippen LogP contribution in [0.4, 0.5) is 13.6 Å². The molecule has 1 aromatic carbocycles. The van der Waals surface area contributed by atoms with E-state index in [1.807, 2.05) is 13.8 Å². The molecule has 5 nitrogen and oxygen atoms in total. The smallest absolute Gasteiger partial charge is 0.387 e. The maximum absolute atomic E-state index is 12.3. The number of amides is 2. The van der Waals surface area contributed by atoms with E-state index in [0.29, 0.717) is 18.5 Å². The van der Waals surface area contributed by atoms with Crippen molar-refractivity contribution in [2.45, 2.75) is 33.4 Å². The van der Waals surface area contributed by atoms with Crippen molar-refractivity contribution < 1.29 is 23.4 Å². The molecule has 0 saturated carbocycles. The van der Waals surface area contributed by atoms with Gasteiger partial charge in [-0.2, -0.15) is 8.78 Å². The van der Waals surface area contributed by atoms with Gasteiger partial charge < -0.3 is 20.5 Å². The van der Waals surface area contributed by atoms with Crippen molar-refractivity contribution in [2.24, 2.45) is 5.92 Å². The lowest BCUT2D eigenvalue weighted by Crippen LogP contribution is -2.37. The van der Waals surface area contributed by atoms with Crippen molar-refractivity contribution in [2.75, 3.05) is 13.2 Å². The van der Waals surface area contributed by atoms with Crippen LogP contribution >= 0.6 is 0 Å². The molecule has 0 heterocycles. The number of urea groups is 1. The number of carbonyl (C=O) groups excluding carboxylic acids is 1. The van der Waals surface area contributed by atoms with Crippen molar-refractivity contribution >= 4 is 6.03 Å². The minimum atomic E-state index is -2.91. The molecule has 2 amide bonds. The third kappa shape index (κ3) is 6.71. The summed E-state index contributed by atoms with van der Waals surface area (Å²) in [6.07, 6.45) is 0.602. The predicted molar refractivity (Wildman–Crippen MR) is 78.9 cm³/mol. The molecule has 0 fully saturated rings. The van der Waals surface area contributed by atoms with Gasteiger partial charge in [-0.15, -0.1) is 0 Å². The molecule has 0 saturated heterocycles. The first-order chi connectivity index (χ1) is 10.4. The largest absolute Gasteiger partial charge is 0.434 e. The zero-order chi connectivity index (χ0) is 16.5. The lowest BCUT2D eigenvalue weighted by molar-refractivity contribution is -0.0504. The van der Waals surface area contributed by atoms with E-state index in [1.165, 1.54) is 6.07 Å². The van der Waals surface area contributed by atoms with Crippen LogP contribution in [0.15, 0.2) is 18.2 Å². The number of hydrogen-bond donors (Lipinski definition) is 3. The molecule has 1 aromatic rings. The number of rotatable bonds is 8. The molecule has 22 heavy (non-hydrogen) atoms. The number of hydrogen-bond acceptors (Lipinski definition) is 3. The van der Waals surface area contributed by atoms with E-state index in [2.05, 4.69) is 15.4 Å². The minimum Gasteiger partial charge on any atom is -0.434 e. The number of nitrogens with one attached hydrogen (secondary N) is 2. The van der Waals surface area contributed by atoms with E-state index in [-0.39, 0.29) is 24.8 Å². The molecule has 0 bridgehead atoms. The summed E-state index contributed by atoms with van der Waals surface area (Å²) in [5.41, 5.74) is 1.37. The highest BCUT2D eigenvalue weighted by molar-refractivity contribution is 5.73. The minimum absolute atomic E-state index is 0.0505. The lowest BCUT2D eigenvalue weighted by Gasteiger charge is -2.14. The molecule has 1 atom stereocenters. The van der Waals surface area contributed by atoms with E-state index < -0.39 is 12.6 Å². The van der Waals surface area contributed by atoms with E-state index in [0.717, 1.165) is 5.56 Å². The molecule has 0 aromatic heterocycles. The number of alkyl halides is 2. The van der Waals surface area contributed by atoms with Crippen molar-refractivity contribution in [1.82, 2.24) is 10.6 Å². The monoisotopic (exact) mass is 316 g/mol. The summed E-state index contributed by atoms with van der Waals surface area (Å²) in [6, 6.07) is 4.42. The highest BCUT2D eigenvalue weighted by Gasteiger charge is 2.11. The van der Waals surface area contributed by atoms with Crippen molar-refractivity contribution in [3.8, 4) is 5.75 Å². The summed E-state index contributed by atoms with van der Waals surface area (Å²) in [5.74, 6) is 0.210. The number of carbonyl (C=O) groups is 1. The van der Waals surface area contributed by atoms with Crippen molar-refractivity contribution in [1.29, 1.82) is 0 Å². The van der Waals surface area contributed by atoms with Crippen molar-refractivity contribution in [3.05, 3.63) is 29.3 Å². The molecular weight excluding hydrogens is 294 g/mol. The summed E-state index contributed by atoms with van der Waals surface area (Å²) in [5, 5.41) is 14.0. The van der Waals surface area contributed by atoms with Gasteiger partial charge in [0.25, 0.3) is 0 Å². The Morgan fingerprint density at radius 1 is 1.36 bits per heavy atom. The predicted octanol–water partition coefficient (Wildman–Crippen LogP) is 2.41. The number of aliphatic hydroxyl groups excluding tert-OH is 1. The average molecular weight is 316 g/mol. The first-order valence-corrected chi connectivity index (χ1v) is 7.09. The molecule has 1 rings (SSSR count). The molecule has 0 spiro atoms. The Morgan fingerprint density at radius 2 is 2.09 bits per heavy atom. The lowest BCUT2D eigenvalue weighted by atomic mass is 10.1. The SMILES string of the molecule is Cc1ccc(OC(F)F)c(CNC(=O)NCC(C)CCO)c1. The first kappa shape index (κ1) is 18.2. The Balaban J connectivity index is 2.52. The number of halogens is 2. The van der Waals surface area contributed by atoms with Crippen LogP contribution in [0.25, 0.3) is 0 Å². The topological polar surface area (TPSA) is 70.6 Å². The van der Waals surface area contributed by atoms with Crippen LogP contribution in [0, 0.1) is 12.8 Å². The molecule has 0 aliphatic rings. The molecule has 1 unspecified atom stereocenters. The van der Waals surface area contributed by atoms with Gasteiger partial charge in [0.05, 0.1) is 0 Å². The third-order valence-corrected chi connectivity index (χ3v) is 3.10. The first-order valence-electron chi connectivity index (χ1n) is 7.09. The fourth-order valence-corrected chi connectivity index (χ4v) is 1.88. The van der Waals surface area contributed by atoms with Gasteiger partial charge in [-0.1, -0.05) is 24.6 Å². The Bertz CT molecular complexity index is 484. The van der Waals surface area contributed by atoms with Crippen LogP contribution in [-0.4, -0.2) is 30.9 Å². The second-order valence-electron chi connectivity index (χ2n) is 5.17. The summed E-state index contributed by atoms with van der Waals surface area (Å²) in [4.78, 5) is 11.7. The molecule has 0 radical (unpaired) electrons. The second kappa shape index (κ2) is 9.19. The summed E-state index contributed by atoms with van der Waals surface area (Å²) < 4.78 is 29.1. The van der Waals surface area contributed by atoms with E-state index in [9.17, 15) is 13.6 Å². The van der Waals surface area contributed by atoms with Gasteiger partial charge in [-0.05, 0) is 25.3 Å². The van der Waals surface area contributed by atoms with Crippen LogP contribution < -0.4 is 15.4 Å². The Morgan fingerprint density at radius 3 is 2.73 bits per heavy atom. The molecule has 7 heteroatoms. The number of ether oxygens (including phenoxy) is 1. The zero-order valence-electron chi connectivity index (χ0n) is 12.7. The molecule has 0 aliphatic carbocycles. The van der Waals surface area contributed by atoms with Gasteiger partial charge in [-0.25, -0.2) is 4.79 Å². The van der Waals surface area contributed by atoms with E-state index >= 15 is 0 Å². The Kier molecular flexibility index (Phi) is 7.59. The normalized spacial score (nSPS) is 12.1. The Labute approximate surface area is 128 Å². The fraction of sp³-hybridized carbons (Fsp3) is 0.533. The summed E-state index contributed by atoms with van der Waals surface area (Å²) >= 11 is 0. The van der Waals surface area contributed by atoms with Gasteiger partial charge in [0.2, 0.25) is 0 Å². The third-order valence-electron chi connectivity index (χ3n) is 3.10. The van der Waals surface area contributed by atoms with Gasteiger partial charge in [0, 0.05) is 25.3 Å². The van der Waals surface area contributed by atoms with Crippen LogP contribution in [0.1, 0.15) is 24.5 Å². The van der Waals surface area contributed by atoms with Crippen LogP contribution in [-0.2, 0) is 6.54 Å². The molecule has 124 valence electrons. The Hall–Kier alpha value is -1.89. The van der Waals surface area contributed by atoms with Crippen LogP contribution in [0.3, 0.4) is 0 Å². The van der Waals surface area contributed by atoms with Gasteiger partial charge in [0.15, 0.2) is 0 Å². The summed E-state index contributed by atoms with van der Waals surface area (Å²) in [7, 11) is 0.